The summed E-state index contributed by atoms with van der Waals surface area (Å²) in [6.45, 7) is 1.91. The Morgan fingerprint density at radius 2 is 1.88 bits per heavy atom. The van der Waals surface area contributed by atoms with Gasteiger partial charge in [-0.3, -0.25) is 0 Å². The second kappa shape index (κ2) is 8.30. The summed E-state index contributed by atoms with van der Waals surface area (Å²) in [5.41, 5.74) is 8.68. The average molecular weight is 338 g/mol. The second-order valence-corrected chi connectivity index (χ2v) is 5.66. The highest BCUT2D eigenvalue weighted by atomic mass is 16.5. The van der Waals surface area contributed by atoms with E-state index in [0.717, 1.165) is 35.4 Å². The van der Waals surface area contributed by atoms with Crippen LogP contribution in [0.1, 0.15) is 5.56 Å². The van der Waals surface area contributed by atoms with E-state index in [2.05, 4.69) is 27.4 Å². The zero-order valence-corrected chi connectivity index (χ0v) is 14.2. The molecule has 0 aliphatic heterocycles. The van der Waals surface area contributed by atoms with Crippen LogP contribution >= 0.6 is 0 Å². The zero-order chi connectivity index (χ0) is 17.5. The molecule has 0 amide bonds. The van der Waals surface area contributed by atoms with Gasteiger partial charge in [0.15, 0.2) is 0 Å². The first-order valence-corrected chi connectivity index (χ1v) is 8.21. The first-order valence-electron chi connectivity index (χ1n) is 8.21. The van der Waals surface area contributed by atoms with Crippen molar-refractivity contribution in [2.45, 2.75) is 6.42 Å². The van der Waals surface area contributed by atoms with Crippen molar-refractivity contribution in [1.82, 2.24) is 9.97 Å². The average Bonchev–Trinajstić information content (AvgIpc) is 2.63. The summed E-state index contributed by atoms with van der Waals surface area (Å²) >= 11 is 0. The molecule has 3 rings (SSSR count). The number of nitrogens with two attached hydrogens (primary N) is 1. The van der Waals surface area contributed by atoms with Crippen molar-refractivity contribution in [3.05, 3.63) is 54.4 Å². The number of fused-ring (bicyclic) bond motifs is 1. The topological polar surface area (TPSA) is 82.3 Å². The summed E-state index contributed by atoms with van der Waals surface area (Å²) < 4.78 is 10.5. The van der Waals surface area contributed by atoms with Crippen LogP contribution in [0.15, 0.2) is 48.8 Å². The molecule has 6 nitrogen and oxygen atoms in total. The van der Waals surface area contributed by atoms with Gasteiger partial charge in [-0.2, -0.15) is 0 Å². The molecule has 3 N–H and O–H groups in total. The lowest BCUT2D eigenvalue weighted by Gasteiger charge is -2.09. The van der Waals surface area contributed by atoms with E-state index in [1.807, 2.05) is 30.3 Å². The number of hydrogen-bond acceptors (Lipinski definition) is 6. The van der Waals surface area contributed by atoms with E-state index < -0.39 is 0 Å². The van der Waals surface area contributed by atoms with E-state index in [1.54, 1.807) is 13.4 Å². The fraction of sp³-hybridized carbons (Fsp3) is 0.263. The number of rotatable bonds is 8. The molecule has 0 bridgehead atoms. The predicted octanol–water partition coefficient (Wildman–Crippen LogP) is 2.89. The molecule has 0 saturated carbocycles. The van der Waals surface area contributed by atoms with Gasteiger partial charge in [-0.1, -0.05) is 12.1 Å². The van der Waals surface area contributed by atoms with Gasteiger partial charge < -0.3 is 20.5 Å². The van der Waals surface area contributed by atoms with E-state index in [4.69, 9.17) is 15.2 Å². The third kappa shape index (κ3) is 4.58. The molecule has 6 heteroatoms. The van der Waals surface area contributed by atoms with Crippen molar-refractivity contribution in [2.24, 2.45) is 0 Å². The van der Waals surface area contributed by atoms with Gasteiger partial charge in [0.2, 0.25) is 0 Å². The minimum atomic E-state index is 0.557. The van der Waals surface area contributed by atoms with Gasteiger partial charge in [0, 0.05) is 24.7 Å². The number of nitrogens with one attached hydrogen (secondary N) is 1. The lowest BCUT2D eigenvalue weighted by Crippen LogP contribution is -2.07. The molecule has 0 saturated heterocycles. The molecule has 1 aromatic heterocycles. The molecule has 25 heavy (non-hydrogen) atoms. The molecule has 2 aromatic carbocycles. The second-order valence-electron chi connectivity index (χ2n) is 5.66. The Morgan fingerprint density at radius 1 is 1.04 bits per heavy atom. The van der Waals surface area contributed by atoms with E-state index in [9.17, 15) is 0 Å². The molecule has 130 valence electrons. The minimum absolute atomic E-state index is 0.557. The standard InChI is InChI=1S/C19H22N4O2/c1-24-10-11-25-16-5-2-14(3-6-16)8-9-21-19-17-12-15(20)4-7-18(17)22-13-23-19/h2-7,12-13H,8-11,20H2,1H3,(H,21,22,23). The molecular weight excluding hydrogens is 316 g/mol. The highest BCUT2D eigenvalue weighted by molar-refractivity contribution is 5.91. The van der Waals surface area contributed by atoms with Crippen molar-refractivity contribution in [1.29, 1.82) is 0 Å². The Morgan fingerprint density at radius 3 is 2.68 bits per heavy atom. The Labute approximate surface area is 147 Å². The summed E-state index contributed by atoms with van der Waals surface area (Å²) in [4.78, 5) is 8.59. The van der Waals surface area contributed by atoms with Gasteiger partial charge in [0.05, 0.1) is 12.1 Å². The van der Waals surface area contributed by atoms with E-state index in [-0.39, 0.29) is 0 Å². The zero-order valence-electron chi connectivity index (χ0n) is 14.2. The molecule has 3 aromatic rings. The third-order valence-corrected chi connectivity index (χ3v) is 3.85. The van der Waals surface area contributed by atoms with Gasteiger partial charge in [-0.15, -0.1) is 0 Å². The fourth-order valence-corrected chi connectivity index (χ4v) is 2.54. The maximum Gasteiger partial charge on any atom is 0.137 e. The van der Waals surface area contributed by atoms with Gasteiger partial charge >= 0.3 is 0 Å². The van der Waals surface area contributed by atoms with Crippen molar-refractivity contribution < 1.29 is 9.47 Å². The van der Waals surface area contributed by atoms with Crippen LogP contribution in [0.5, 0.6) is 5.75 Å². The quantitative estimate of drug-likeness (QED) is 0.485. The Hall–Kier alpha value is -2.86. The molecule has 0 aliphatic rings. The SMILES string of the molecule is COCCOc1ccc(CCNc2ncnc3ccc(N)cc23)cc1. The number of aromatic nitrogens is 2. The lowest BCUT2D eigenvalue weighted by molar-refractivity contribution is 0.146. The molecule has 0 unspecified atom stereocenters. The molecular formula is C19H22N4O2. The molecule has 0 atom stereocenters. The summed E-state index contributed by atoms with van der Waals surface area (Å²) in [5.74, 6) is 1.66. The largest absolute Gasteiger partial charge is 0.491 e. The number of anilines is 2. The lowest BCUT2D eigenvalue weighted by atomic mass is 10.1. The first kappa shape index (κ1) is 17.0. The van der Waals surface area contributed by atoms with Crippen LogP contribution in [0, 0.1) is 0 Å². The van der Waals surface area contributed by atoms with Gasteiger partial charge in [0.1, 0.15) is 24.5 Å². The number of ether oxygens (including phenoxy) is 2. The molecule has 0 spiro atoms. The van der Waals surface area contributed by atoms with Gasteiger partial charge in [-0.05, 0) is 42.3 Å². The van der Waals surface area contributed by atoms with Gasteiger partial charge in [0.25, 0.3) is 0 Å². The van der Waals surface area contributed by atoms with Crippen molar-refractivity contribution >= 4 is 22.4 Å². The van der Waals surface area contributed by atoms with E-state index >= 15 is 0 Å². The molecule has 0 aliphatic carbocycles. The maximum absolute atomic E-state index is 5.87. The minimum Gasteiger partial charge on any atom is -0.491 e. The Bertz CT molecular complexity index is 821. The van der Waals surface area contributed by atoms with Crippen LogP contribution in [0.25, 0.3) is 10.9 Å². The molecule has 1 heterocycles. The molecule has 0 fully saturated rings. The molecule has 0 radical (unpaired) electrons. The highest BCUT2D eigenvalue weighted by Gasteiger charge is 2.04. The van der Waals surface area contributed by atoms with Crippen molar-refractivity contribution in [3.63, 3.8) is 0 Å². The Kier molecular flexibility index (Phi) is 5.64. The third-order valence-electron chi connectivity index (χ3n) is 3.85. The number of hydrogen-bond donors (Lipinski definition) is 2. The van der Waals surface area contributed by atoms with Crippen LogP contribution in [0.4, 0.5) is 11.5 Å². The Balaban J connectivity index is 1.57. The maximum atomic E-state index is 5.87. The van der Waals surface area contributed by atoms with Gasteiger partial charge in [-0.25, -0.2) is 9.97 Å². The fourth-order valence-electron chi connectivity index (χ4n) is 2.54. The smallest absolute Gasteiger partial charge is 0.137 e. The van der Waals surface area contributed by atoms with Crippen LogP contribution in [0.3, 0.4) is 0 Å². The monoisotopic (exact) mass is 338 g/mol. The summed E-state index contributed by atoms with van der Waals surface area (Å²) in [5, 5.41) is 4.30. The number of methoxy groups -OCH3 is 1. The number of nitrogen functional groups attached to an aromatic ring is 1. The van der Waals surface area contributed by atoms with E-state index in [0.29, 0.717) is 18.9 Å². The van der Waals surface area contributed by atoms with Crippen LogP contribution < -0.4 is 15.8 Å². The van der Waals surface area contributed by atoms with Crippen LogP contribution in [-0.4, -0.2) is 36.8 Å². The summed E-state index contributed by atoms with van der Waals surface area (Å²) in [6, 6.07) is 13.7. The summed E-state index contributed by atoms with van der Waals surface area (Å²) in [6.07, 6.45) is 2.44. The normalized spacial score (nSPS) is 10.8. The van der Waals surface area contributed by atoms with Crippen molar-refractivity contribution in [2.75, 3.05) is 37.9 Å². The summed E-state index contributed by atoms with van der Waals surface area (Å²) in [7, 11) is 1.66. The number of nitrogens with zero attached hydrogens (tertiary/aromatic N) is 2. The highest BCUT2D eigenvalue weighted by Crippen LogP contribution is 2.21. The first-order chi connectivity index (χ1) is 12.3. The van der Waals surface area contributed by atoms with E-state index in [1.165, 1.54) is 5.56 Å². The van der Waals surface area contributed by atoms with Crippen LogP contribution in [-0.2, 0) is 11.2 Å². The van der Waals surface area contributed by atoms with Crippen molar-refractivity contribution in [3.8, 4) is 5.75 Å². The van der Waals surface area contributed by atoms with Crippen LogP contribution in [0.2, 0.25) is 0 Å². The number of benzene rings is 2. The predicted molar refractivity (Wildman–Crippen MR) is 100.0 cm³/mol.